The van der Waals surface area contributed by atoms with Crippen molar-refractivity contribution in [1.29, 1.82) is 0 Å². The van der Waals surface area contributed by atoms with Crippen LogP contribution < -0.4 is 27.0 Å². The number of likely N-dealkylation sites (tertiary alicyclic amines) is 1. The molecule has 1 fully saturated rings. The van der Waals surface area contributed by atoms with Gasteiger partial charge < -0.3 is 65.2 Å². The van der Waals surface area contributed by atoms with E-state index in [1.807, 2.05) is 13.8 Å². The Bertz CT molecular complexity index is 1780. The fourth-order valence-corrected chi connectivity index (χ4v) is 6.18. The highest BCUT2D eigenvalue weighted by atomic mass is 16.6. The van der Waals surface area contributed by atoms with E-state index in [1.165, 1.54) is 14.7 Å². The van der Waals surface area contributed by atoms with Gasteiger partial charge in [0.1, 0.15) is 18.7 Å². The first-order chi connectivity index (χ1) is 31.8. The first kappa shape index (κ1) is 57.3. The highest BCUT2D eigenvalue weighted by molar-refractivity contribution is 6.03. The van der Waals surface area contributed by atoms with Gasteiger partial charge in [0.2, 0.25) is 29.5 Å². The molecule has 1 heterocycles. The van der Waals surface area contributed by atoms with Crippen molar-refractivity contribution in [3.63, 3.8) is 0 Å². The molecule has 1 unspecified atom stereocenters. The summed E-state index contributed by atoms with van der Waals surface area (Å²) in [4.78, 5) is 104. The Hall–Kier alpha value is -5.84. The van der Waals surface area contributed by atoms with Crippen molar-refractivity contribution >= 4 is 53.4 Å². The van der Waals surface area contributed by atoms with Gasteiger partial charge >= 0.3 is 18.2 Å². The minimum atomic E-state index is -1.17. The first-order valence-electron chi connectivity index (χ1n) is 22.4. The first-order valence-corrected chi connectivity index (χ1v) is 22.4. The van der Waals surface area contributed by atoms with Crippen LogP contribution in [0.1, 0.15) is 65.9 Å². The Morgan fingerprint density at radius 1 is 0.806 bits per heavy atom. The van der Waals surface area contributed by atoms with Crippen LogP contribution in [0.15, 0.2) is 36.4 Å². The molecular weight excluding hydrogens is 877 g/mol. The lowest BCUT2D eigenvalue weighted by Crippen LogP contribution is -2.53. The lowest BCUT2D eigenvalue weighted by atomic mass is 9.94. The molecule has 22 nitrogen and oxygen atoms in total. The summed E-state index contributed by atoms with van der Waals surface area (Å²) in [5.41, 5.74) is 6.51. The Balaban J connectivity index is 1.73. The number of rotatable bonds is 32. The van der Waals surface area contributed by atoms with Crippen molar-refractivity contribution in [3.8, 4) is 0 Å². The molecule has 3 atom stereocenters. The number of anilines is 1. The Morgan fingerprint density at radius 3 is 1.91 bits per heavy atom. The quantitative estimate of drug-likeness (QED) is 0.0394. The largest absolute Gasteiger partial charge is 0.447 e. The number of likely N-dealkylation sites (N-methyl/N-ethyl adjacent to an activating group) is 2. The van der Waals surface area contributed by atoms with Crippen molar-refractivity contribution in [2.75, 3.05) is 98.4 Å². The molecule has 1 saturated heterocycles. The van der Waals surface area contributed by atoms with Crippen LogP contribution in [0.2, 0.25) is 0 Å². The van der Waals surface area contributed by atoms with Gasteiger partial charge in [-0.25, -0.2) is 14.4 Å². The van der Waals surface area contributed by atoms with Crippen molar-refractivity contribution in [2.45, 2.75) is 85.1 Å². The van der Waals surface area contributed by atoms with Crippen molar-refractivity contribution < 1.29 is 66.8 Å². The number of urea groups is 1. The summed E-state index contributed by atoms with van der Waals surface area (Å²) in [7, 11) is 3.11. The number of hydrogen-bond acceptors (Lipinski definition) is 14. The zero-order valence-corrected chi connectivity index (χ0v) is 40.1. The number of imide groups is 1. The van der Waals surface area contributed by atoms with E-state index in [0.29, 0.717) is 43.3 Å². The highest BCUT2D eigenvalue weighted by Gasteiger charge is 2.39. The molecular formula is C45H72N8O14. The maximum absolute atomic E-state index is 13.5. The second kappa shape index (κ2) is 31.2. The van der Waals surface area contributed by atoms with E-state index in [4.69, 9.17) is 34.2 Å². The average molecular weight is 949 g/mol. The molecule has 22 heteroatoms. The summed E-state index contributed by atoms with van der Waals surface area (Å²) < 4.78 is 32.5. The summed E-state index contributed by atoms with van der Waals surface area (Å²) in [6, 6.07) is 3.51. The van der Waals surface area contributed by atoms with Crippen LogP contribution in [0.3, 0.4) is 0 Å². The Kier molecular flexibility index (Phi) is 26.7. The number of hydrogen-bond donors (Lipinski definition) is 5. The lowest BCUT2D eigenvalue weighted by Gasteiger charge is -2.23. The number of primary amides is 1. The summed E-state index contributed by atoms with van der Waals surface area (Å²) >= 11 is 0. The number of nitrogens with two attached hydrogens (primary N) is 1. The number of nitrogens with zero attached hydrogens (tertiary/aromatic N) is 3. The molecule has 0 spiro atoms. The third-order valence-electron chi connectivity index (χ3n) is 10.1. The van der Waals surface area contributed by atoms with E-state index in [2.05, 4.69) is 27.8 Å². The van der Waals surface area contributed by atoms with Crippen molar-refractivity contribution in [3.05, 3.63) is 42.0 Å². The molecule has 1 aliphatic heterocycles. The zero-order valence-electron chi connectivity index (χ0n) is 40.1. The van der Waals surface area contributed by atoms with Crippen molar-refractivity contribution in [1.82, 2.24) is 30.7 Å². The van der Waals surface area contributed by atoms with Crippen LogP contribution in [0.5, 0.6) is 0 Å². The predicted molar refractivity (Wildman–Crippen MR) is 245 cm³/mol. The van der Waals surface area contributed by atoms with Crippen LogP contribution in [0, 0.1) is 11.8 Å². The van der Waals surface area contributed by atoms with Crippen molar-refractivity contribution in [2.24, 2.45) is 17.6 Å². The third kappa shape index (κ3) is 23.0. The highest BCUT2D eigenvalue weighted by Crippen LogP contribution is 2.26. The maximum Gasteiger partial charge on any atom is 0.409 e. The van der Waals surface area contributed by atoms with Gasteiger partial charge in [-0.1, -0.05) is 32.6 Å². The Morgan fingerprint density at radius 2 is 1.37 bits per heavy atom. The number of benzene rings is 1. The van der Waals surface area contributed by atoms with Gasteiger partial charge in [0.15, 0.2) is 0 Å². The molecule has 1 aromatic rings. The fraction of sp³-hybridized carbons (Fsp3) is 0.644. The van der Waals surface area contributed by atoms with Crippen LogP contribution in [0.4, 0.5) is 20.1 Å². The molecule has 0 radical (unpaired) electrons. The number of nitrogens with one attached hydrogen (secondary N) is 4. The molecule has 0 aromatic heterocycles. The second-order valence-corrected chi connectivity index (χ2v) is 16.5. The summed E-state index contributed by atoms with van der Waals surface area (Å²) in [6.07, 6.45) is -0.804. The number of amides is 9. The third-order valence-corrected chi connectivity index (χ3v) is 10.1. The maximum atomic E-state index is 13.5. The molecule has 2 rings (SSSR count). The topological polar surface area (TPSA) is 276 Å². The normalized spacial score (nSPS) is 14.3. The van der Waals surface area contributed by atoms with Gasteiger partial charge in [-0.05, 0) is 62.8 Å². The van der Waals surface area contributed by atoms with E-state index in [1.54, 1.807) is 59.1 Å². The SMILES string of the molecule is C=C(C)[C@@H](NC(=O)CCOCCOCCOCCOCCN1C(=O)CC(C(C)C)C1=O)C(=O)N[C@@H](CCCNC(N)=O)C(=O)Nc1ccc(COC(=O)N(C)CCN(C)C(=O)OC(C)C)cc1. The fourth-order valence-electron chi connectivity index (χ4n) is 6.18. The lowest BCUT2D eigenvalue weighted by molar-refractivity contribution is -0.140. The summed E-state index contributed by atoms with van der Waals surface area (Å²) in [6.45, 7) is 15.5. The number of ether oxygens (including phenoxy) is 6. The molecule has 9 amide bonds. The standard InChI is InChI=1S/C45H72N8O14/c1-30(2)35-28-38(55)53(42(35)58)19-21-63-23-25-65-27-26-64-24-22-62-20-15-37(54)50-39(31(3)4)41(57)49-36(10-9-16-47-43(46)59)40(56)48-34-13-11-33(12-14-34)29-66-44(60)51(7)17-18-52(8)45(61)67-32(5)6/h11-14,30,32,35-36,39H,3,9-10,15-29H2,1-2,4-8H3,(H,48,56)(H,49,57)(H,50,54)(H3,46,47,59)/t35?,36-,39+/m0/s1. The molecule has 1 aromatic carbocycles. The Labute approximate surface area is 393 Å². The molecule has 0 aliphatic carbocycles. The van der Waals surface area contributed by atoms with Gasteiger partial charge in [-0.15, -0.1) is 0 Å². The minimum Gasteiger partial charge on any atom is -0.447 e. The smallest absolute Gasteiger partial charge is 0.409 e. The number of carbonyl (C=O) groups excluding carboxylic acids is 8. The number of carbonyl (C=O) groups is 8. The van der Waals surface area contributed by atoms with Gasteiger partial charge in [0.25, 0.3) is 0 Å². The van der Waals surface area contributed by atoms with Crippen LogP contribution in [0.25, 0.3) is 0 Å². The molecule has 0 bridgehead atoms. The van der Waals surface area contributed by atoms with E-state index >= 15 is 0 Å². The van der Waals surface area contributed by atoms with Gasteiger partial charge in [0.05, 0.1) is 65.5 Å². The molecule has 376 valence electrons. The monoisotopic (exact) mass is 949 g/mol. The summed E-state index contributed by atoms with van der Waals surface area (Å²) in [5, 5.41) is 10.5. The molecule has 6 N–H and O–H groups in total. The zero-order chi connectivity index (χ0) is 49.9. The molecule has 0 saturated carbocycles. The average Bonchev–Trinajstić information content (AvgIpc) is 3.56. The van der Waals surface area contributed by atoms with Crippen LogP contribution in [-0.2, 0) is 59.0 Å². The van der Waals surface area contributed by atoms with E-state index in [-0.39, 0.29) is 115 Å². The molecule has 67 heavy (non-hydrogen) atoms. The predicted octanol–water partition coefficient (Wildman–Crippen LogP) is 2.15. The van der Waals surface area contributed by atoms with Gasteiger partial charge in [-0.2, -0.15) is 0 Å². The van der Waals surface area contributed by atoms with Gasteiger partial charge in [-0.3, -0.25) is 28.9 Å². The van der Waals surface area contributed by atoms with Crippen LogP contribution >= 0.6 is 0 Å². The summed E-state index contributed by atoms with van der Waals surface area (Å²) in [5.74, 6) is -2.18. The van der Waals surface area contributed by atoms with Crippen LogP contribution in [-0.4, -0.2) is 174 Å². The van der Waals surface area contributed by atoms with Gasteiger partial charge in [0, 0.05) is 58.2 Å². The second-order valence-electron chi connectivity index (χ2n) is 16.5. The molecule has 1 aliphatic rings. The van der Waals surface area contributed by atoms with E-state index < -0.39 is 48.0 Å². The minimum absolute atomic E-state index is 0.0479. The van der Waals surface area contributed by atoms with E-state index in [0.717, 1.165) is 0 Å². The van der Waals surface area contributed by atoms with E-state index in [9.17, 15) is 38.4 Å².